The minimum absolute atomic E-state index is 0.0331. The molecule has 0 saturated heterocycles. The predicted octanol–water partition coefficient (Wildman–Crippen LogP) is 1.78. The number of hydrogen-bond donors (Lipinski definition) is 0. The van der Waals surface area contributed by atoms with Crippen molar-refractivity contribution in [2.24, 2.45) is 0 Å². The van der Waals surface area contributed by atoms with Crippen molar-refractivity contribution in [3.05, 3.63) is 11.4 Å². The number of carbonyl (C=O) groups is 1. The van der Waals surface area contributed by atoms with E-state index in [-0.39, 0.29) is 17.3 Å². The molecule has 0 amide bonds. The molecule has 0 unspecified atom stereocenters. The van der Waals surface area contributed by atoms with Crippen molar-refractivity contribution in [2.75, 3.05) is 0 Å². The Morgan fingerprint density at radius 2 is 2.07 bits per heavy atom. The van der Waals surface area contributed by atoms with Gasteiger partial charge in [-0.3, -0.25) is 4.79 Å². The summed E-state index contributed by atoms with van der Waals surface area (Å²) in [5.74, 6) is -0.234. The van der Waals surface area contributed by atoms with E-state index < -0.39 is 12.7 Å². The minimum atomic E-state index is -4.36. The predicted molar refractivity (Wildman–Crippen MR) is 45.6 cm³/mol. The first-order chi connectivity index (χ1) is 6.85. The van der Waals surface area contributed by atoms with Crippen LogP contribution in [0.15, 0.2) is 0 Å². The molecule has 1 rings (SSSR count). The SMILES string of the molecule is CC(C)c1c(C=O)nnn1CC(F)(F)F. The molecule has 0 spiro atoms. The topological polar surface area (TPSA) is 47.8 Å². The van der Waals surface area contributed by atoms with Crippen molar-refractivity contribution in [1.82, 2.24) is 15.0 Å². The van der Waals surface area contributed by atoms with Crippen LogP contribution in [0, 0.1) is 0 Å². The van der Waals surface area contributed by atoms with Gasteiger partial charge in [-0.05, 0) is 5.92 Å². The van der Waals surface area contributed by atoms with Gasteiger partial charge in [0.1, 0.15) is 12.2 Å². The summed E-state index contributed by atoms with van der Waals surface area (Å²) in [5, 5.41) is 6.69. The molecule has 0 aliphatic carbocycles. The van der Waals surface area contributed by atoms with E-state index in [0.717, 1.165) is 0 Å². The van der Waals surface area contributed by atoms with Crippen molar-refractivity contribution in [3.8, 4) is 0 Å². The average molecular weight is 221 g/mol. The van der Waals surface area contributed by atoms with Gasteiger partial charge in [0.25, 0.3) is 0 Å². The average Bonchev–Trinajstić information content (AvgIpc) is 2.44. The summed E-state index contributed by atoms with van der Waals surface area (Å²) < 4.78 is 37.1. The van der Waals surface area contributed by atoms with E-state index in [1.807, 2.05) is 0 Å². The highest BCUT2D eigenvalue weighted by Crippen LogP contribution is 2.22. The van der Waals surface area contributed by atoms with Gasteiger partial charge in [-0.15, -0.1) is 5.10 Å². The zero-order chi connectivity index (χ0) is 11.6. The van der Waals surface area contributed by atoms with Crippen LogP contribution in [-0.4, -0.2) is 27.5 Å². The van der Waals surface area contributed by atoms with Gasteiger partial charge in [0, 0.05) is 0 Å². The number of halogens is 3. The molecule has 0 aliphatic heterocycles. The number of alkyl halides is 3. The summed E-state index contributed by atoms with van der Waals surface area (Å²) in [6.45, 7) is 2.14. The monoisotopic (exact) mass is 221 g/mol. The van der Waals surface area contributed by atoms with Crippen LogP contribution in [-0.2, 0) is 6.54 Å². The van der Waals surface area contributed by atoms with Crippen LogP contribution in [0.25, 0.3) is 0 Å². The largest absolute Gasteiger partial charge is 0.408 e. The normalized spacial score (nSPS) is 12.1. The van der Waals surface area contributed by atoms with Crippen LogP contribution >= 0.6 is 0 Å². The molecule has 0 fully saturated rings. The zero-order valence-electron chi connectivity index (χ0n) is 8.25. The lowest BCUT2D eigenvalue weighted by molar-refractivity contribution is -0.143. The van der Waals surface area contributed by atoms with E-state index in [0.29, 0.717) is 11.0 Å². The van der Waals surface area contributed by atoms with Gasteiger partial charge in [-0.2, -0.15) is 13.2 Å². The summed E-state index contributed by atoms with van der Waals surface area (Å²) in [6.07, 6.45) is -3.95. The number of hydrogen-bond acceptors (Lipinski definition) is 3. The quantitative estimate of drug-likeness (QED) is 0.731. The highest BCUT2D eigenvalue weighted by atomic mass is 19.4. The zero-order valence-corrected chi connectivity index (χ0v) is 8.25. The second kappa shape index (κ2) is 4.00. The first-order valence-electron chi connectivity index (χ1n) is 4.30. The van der Waals surface area contributed by atoms with Crippen LogP contribution in [0.5, 0.6) is 0 Å². The number of nitrogens with zero attached hydrogens (tertiary/aromatic N) is 3. The Labute approximate surface area is 84.1 Å². The molecule has 0 aromatic carbocycles. The smallest absolute Gasteiger partial charge is 0.296 e. The maximum Gasteiger partial charge on any atom is 0.408 e. The van der Waals surface area contributed by atoms with Crippen LogP contribution in [0.1, 0.15) is 35.9 Å². The van der Waals surface area contributed by atoms with Gasteiger partial charge < -0.3 is 0 Å². The Bertz CT molecular complexity index is 357. The van der Waals surface area contributed by atoms with Gasteiger partial charge >= 0.3 is 6.18 Å². The maximum absolute atomic E-state index is 12.1. The molecule has 15 heavy (non-hydrogen) atoms. The van der Waals surface area contributed by atoms with Gasteiger partial charge in [0.05, 0.1) is 5.69 Å². The van der Waals surface area contributed by atoms with Gasteiger partial charge in [0.2, 0.25) is 0 Å². The molecule has 84 valence electrons. The molecule has 0 N–H and O–H groups in total. The number of rotatable bonds is 3. The molecule has 4 nitrogen and oxygen atoms in total. The van der Waals surface area contributed by atoms with Gasteiger partial charge in [-0.1, -0.05) is 19.1 Å². The van der Waals surface area contributed by atoms with Crippen molar-refractivity contribution >= 4 is 6.29 Å². The van der Waals surface area contributed by atoms with E-state index in [1.165, 1.54) is 0 Å². The fourth-order valence-electron chi connectivity index (χ4n) is 1.30. The molecule has 7 heteroatoms. The summed E-state index contributed by atoms with van der Waals surface area (Å²) in [6, 6.07) is 0. The minimum Gasteiger partial charge on any atom is -0.296 e. The highest BCUT2D eigenvalue weighted by Gasteiger charge is 2.31. The Balaban J connectivity index is 3.08. The summed E-state index contributed by atoms with van der Waals surface area (Å²) in [7, 11) is 0. The first-order valence-corrected chi connectivity index (χ1v) is 4.30. The van der Waals surface area contributed by atoms with Crippen molar-refractivity contribution in [3.63, 3.8) is 0 Å². The van der Waals surface area contributed by atoms with Crippen molar-refractivity contribution in [2.45, 2.75) is 32.5 Å². The summed E-state index contributed by atoms with van der Waals surface area (Å²) >= 11 is 0. The molecular weight excluding hydrogens is 211 g/mol. The third-order valence-corrected chi connectivity index (χ3v) is 1.79. The number of carbonyl (C=O) groups excluding carboxylic acids is 1. The van der Waals surface area contributed by atoms with Crippen molar-refractivity contribution < 1.29 is 18.0 Å². The Morgan fingerprint density at radius 3 is 2.47 bits per heavy atom. The van der Waals surface area contributed by atoms with Crippen LogP contribution in [0.2, 0.25) is 0 Å². The van der Waals surface area contributed by atoms with E-state index in [2.05, 4.69) is 10.3 Å². The van der Waals surface area contributed by atoms with E-state index in [9.17, 15) is 18.0 Å². The Hall–Kier alpha value is -1.40. The maximum atomic E-state index is 12.1. The molecule has 1 heterocycles. The van der Waals surface area contributed by atoms with E-state index in [1.54, 1.807) is 13.8 Å². The van der Waals surface area contributed by atoms with Crippen LogP contribution in [0.3, 0.4) is 0 Å². The standard InChI is InChI=1S/C8H10F3N3O/c1-5(2)7-6(3-15)12-13-14(7)4-8(9,10)11/h3,5H,4H2,1-2H3. The highest BCUT2D eigenvalue weighted by molar-refractivity contribution is 5.73. The summed E-state index contributed by atoms with van der Waals surface area (Å²) in [5.41, 5.74) is 0.177. The fourth-order valence-corrected chi connectivity index (χ4v) is 1.30. The third kappa shape index (κ3) is 2.77. The third-order valence-electron chi connectivity index (χ3n) is 1.79. The lowest BCUT2D eigenvalue weighted by Crippen LogP contribution is -2.21. The van der Waals surface area contributed by atoms with Crippen LogP contribution < -0.4 is 0 Å². The Morgan fingerprint density at radius 1 is 1.47 bits per heavy atom. The molecule has 1 aromatic heterocycles. The Kier molecular flexibility index (Phi) is 3.11. The number of aldehydes is 1. The second-order valence-electron chi connectivity index (χ2n) is 3.41. The molecule has 0 bridgehead atoms. The van der Waals surface area contributed by atoms with E-state index >= 15 is 0 Å². The van der Waals surface area contributed by atoms with Crippen molar-refractivity contribution in [1.29, 1.82) is 0 Å². The van der Waals surface area contributed by atoms with E-state index in [4.69, 9.17) is 0 Å². The molecule has 0 radical (unpaired) electrons. The lowest BCUT2D eigenvalue weighted by atomic mass is 10.1. The molecule has 0 atom stereocenters. The molecule has 1 aromatic rings. The summed E-state index contributed by atoms with van der Waals surface area (Å²) in [4.78, 5) is 10.5. The number of aromatic nitrogens is 3. The van der Waals surface area contributed by atoms with Crippen LogP contribution in [0.4, 0.5) is 13.2 Å². The second-order valence-corrected chi connectivity index (χ2v) is 3.41. The fraction of sp³-hybridized carbons (Fsp3) is 0.625. The first kappa shape index (κ1) is 11.7. The molecule has 0 aliphatic rings. The lowest BCUT2D eigenvalue weighted by Gasteiger charge is -2.11. The van der Waals surface area contributed by atoms with Gasteiger partial charge in [0.15, 0.2) is 6.29 Å². The van der Waals surface area contributed by atoms with Gasteiger partial charge in [-0.25, -0.2) is 4.68 Å². The molecule has 0 saturated carbocycles. The molecular formula is C8H10F3N3O.